The third-order valence-electron chi connectivity index (χ3n) is 3.92. The van der Waals surface area contributed by atoms with Crippen LogP contribution in [0.3, 0.4) is 0 Å². The van der Waals surface area contributed by atoms with Crippen LogP contribution in [-0.2, 0) is 9.84 Å². The molecule has 0 saturated carbocycles. The van der Waals surface area contributed by atoms with Gasteiger partial charge in [0.2, 0.25) is 0 Å². The molecule has 0 unspecified atom stereocenters. The Morgan fingerprint density at radius 3 is 2.75 bits per heavy atom. The fourth-order valence-corrected chi connectivity index (χ4v) is 3.56. The number of β-amino-alcohol motifs (C(OH)–C–C–N with tert-alkyl or cyclic N) is 1. The van der Waals surface area contributed by atoms with E-state index >= 15 is 0 Å². The maximum absolute atomic E-state index is 11.6. The van der Waals surface area contributed by atoms with Crippen LogP contribution in [0.5, 0.6) is 0 Å². The lowest BCUT2D eigenvalue weighted by atomic mass is 9.87. The predicted octanol–water partition coefficient (Wildman–Crippen LogP) is 1.65. The molecule has 0 radical (unpaired) electrons. The maximum atomic E-state index is 11.6. The van der Waals surface area contributed by atoms with Crippen LogP contribution in [0, 0.1) is 0 Å². The summed E-state index contributed by atoms with van der Waals surface area (Å²) in [5.74, 6) is 0.0322. The number of benzene rings is 1. The monoisotopic (exact) mass is 297 g/mol. The van der Waals surface area contributed by atoms with Crippen molar-refractivity contribution in [1.29, 1.82) is 0 Å². The van der Waals surface area contributed by atoms with Crippen LogP contribution < -0.4 is 0 Å². The first kappa shape index (κ1) is 15.5. The van der Waals surface area contributed by atoms with Crippen LogP contribution >= 0.6 is 0 Å². The molecule has 0 aromatic heterocycles. The van der Waals surface area contributed by atoms with Crippen molar-refractivity contribution >= 4 is 9.84 Å². The Bertz CT molecular complexity index is 556. The van der Waals surface area contributed by atoms with Crippen LogP contribution in [0.2, 0.25) is 0 Å². The largest absolute Gasteiger partial charge is 0.391 e. The summed E-state index contributed by atoms with van der Waals surface area (Å²) in [5, 5.41) is 10.3. The second-order valence-electron chi connectivity index (χ2n) is 5.61. The number of rotatable bonds is 4. The van der Waals surface area contributed by atoms with Gasteiger partial charge in [0.1, 0.15) is 0 Å². The van der Waals surface area contributed by atoms with E-state index in [-0.39, 0.29) is 5.92 Å². The molecule has 0 aliphatic carbocycles. The van der Waals surface area contributed by atoms with Crippen LogP contribution in [0.15, 0.2) is 29.2 Å². The predicted molar refractivity (Wildman–Crippen MR) is 79.6 cm³/mol. The summed E-state index contributed by atoms with van der Waals surface area (Å²) in [4.78, 5) is 2.60. The molecule has 1 fully saturated rings. The SMILES string of the molecule is CCCN1CC[C@@H](c2cccc(S(C)(=O)=O)c2)[C@@H](O)C1. The first-order valence-corrected chi connectivity index (χ1v) is 9.01. The van der Waals surface area contributed by atoms with E-state index in [0.29, 0.717) is 11.4 Å². The van der Waals surface area contributed by atoms with Gasteiger partial charge < -0.3 is 10.0 Å². The lowest BCUT2D eigenvalue weighted by molar-refractivity contribution is 0.0514. The minimum Gasteiger partial charge on any atom is -0.391 e. The van der Waals surface area contributed by atoms with Crippen molar-refractivity contribution in [2.45, 2.75) is 36.7 Å². The smallest absolute Gasteiger partial charge is 0.175 e. The van der Waals surface area contributed by atoms with Gasteiger partial charge in [0, 0.05) is 18.7 Å². The van der Waals surface area contributed by atoms with Crippen molar-refractivity contribution < 1.29 is 13.5 Å². The van der Waals surface area contributed by atoms with Gasteiger partial charge in [-0.2, -0.15) is 0 Å². The van der Waals surface area contributed by atoms with Crippen molar-refractivity contribution in [3.8, 4) is 0 Å². The molecule has 1 saturated heterocycles. The summed E-state index contributed by atoms with van der Waals surface area (Å²) in [5.41, 5.74) is 0.927. The number of hydrogen-bond donors (Lipinski definition) is 1. The Morgan fingerprint density at radius 2 is 2.15 bits per heavy atom. The minimum absolute atomic E-state index is 0.0322. The molecule has 1 aliphatic rings. The van der Waals surface area contributed by atoms with Crippen molar-refractivity contribution in [3.63, 3.8) is 0 Å². The zero-order valence-corrected chi connectivity index (χ0v) is 12.9. The summed E-state index contributed by atoms with van der Waals surface area (Å²) in [6.45, 7) is 4.77. The van der Waals surface area contributed by atoms with E-state index in [9.17, 15) is 13.5 Å². The number of piperidine rings is 1. The van der Waals surface area contributed by atoms with Gasteiger partial charge in [-0.25, -0.2) is 8.42 Å². The summed E-state index contributed by atoms with van der Waals surface area (Å²) >= 11 is 0. The summed E-state index contributed by atoms with van der Waals surface area (Å²) in [6.07, 6.45) is 2.74. The summed E-state index contributed by atoms with van der Waals surface area (Å²) in [7, 11) is -3.19. The highest BCUT2D eigenvalue weighted by atomic mass is 32.2. The average molecular weight is 297 g/mol. The maximum Gasteiger partial charge on any atom is 0.175 e. The standard InChI is InChI=1S/C15H23NO3S/c1-3-8-16-9-7-14(15(17)11-16)12-5-4-6-13(10-12)20(2,18)19/h4-6,10,14-15,17H,3,7-9,11H2,1-2H3/t14-,15-/m0/s1. The molecule has 1 aliphatic heterocycles. The van der Waals surface area contributed by atoms with E-state index in [0.717, 1.165) is 31.5 Å². The van der Waals surface area contributed by atoms with Gasteiger partial charge in [0.25, 0.3) is 0 Å². The third-order valence-corrected chi connectivity index (χ3v) is 5.03. The van der Waals surface area contributed by atoms with Gasteiger partial charge in [-0.1, -0.05) is 19.1 Å². The molecule has 0 bridgehead atoms. The van der Waals surface area contributed by atoms with E-state index in [1.54, 1.807) is 18.2 Å². The van der Waals surface area contributed by atoms with Crippen molar-refractivity contribution in [1.82, 2.24) is 4.90 Å². The van der Waals surface area contributed by atoms with Crippen molar-refractivity contribution in [2.75, 3.05) is 25.9 Å². The number of sulfone groups is 1. The molecule has 1 N–H and O–H groups in total. The van der Waals surface area contributed by atoms with Gasteiger partial charge in [0.05, 0.1) is 11.0 Å². The summed E-state index contributed by atoms with van der Waals surface area (Å²) in [6, 6.07) is 6.99. The highest BCUT2D eigenvalue weighted by Gasteiger charge is 2.28. The molecule has 5 heteroatoms. The van der Waals surface area contributed by atoms with E-state index in [1.165, 1.54) is 6.26 Å². The third kappa shape index (κ3) is 3.59. The zero-order valence-electron chi connectivity index (χ0n) is 12.1. The second kappa shape index (κ2) is 6.24. The lowest BCUT2D eigenvalue weighted by Gasteiger charge is -2.36. The molecular weight excluding hydrogens is 274 g/mol. The number of nitrogens with zero attached hydrogens (tertiary/aromatic N) is 1. The van der Waals surface area contributed by atoms with Gasteiger partial charge >= 0.3 is 0 Å². The normalized spacial score (nSPS) is 24.8. The fraction of sp³-hybridized carbons (Fsp3) is 0.600. The Hall–Kier alpha value is -0.910. The van der Waals surface area contributed by atoms with Crippen LogP contribution in [0.1, 0.15) is 31.2 Å². The molecule has 1 aromatic carbocycles. The van der Waals surface area contributed by atoms with Crippen LogP contribution in [0.25, 0.3) is 0 Å². The quantitative estimate of drug-likeness (QED) is 0.918. The topological polar surface area (TPSA) is 57.6 Å². The van der Waals surface area contributed by atoms with E-state index in [2.05, 4.69) is 11.8 Å². The Labute approximate surface area is 121 Å². The molecule has 0 spiro atoms. The molecule has 20 heavy (non-hydrogen) atoms. The molecule has 1 heterocycles. The molecular formula is C15H23NO3S. The molecule has 2 atom stereocenters. The fourth-order valence-electron chi connectivity index (χ4n) is 2.88. The number of hydrogen-bond acceptors (Lipinski definition) is 4. The lowest BCUT2D eigenvalue weighted by Crippen LogP contribution is -2.43. The van der Waals surface area contributed by atoms with Gasteiger partial charge in [0.15, 0.2) is 9.84 Å². The number of aliphatic hydroxyl groups excluding tert-OH is 1. The Kier molecular flexibility index (Phi) is 4.83. The van der Waals surface area contributed by atoms with Crippen LogP contribution in [-0.4, -0.2) is 50.4 Å². The molecule has 1 aromatic rings. The second-order valence-corrected chi connectivity index (χ2v) is 7.62. The van der Waals surface area contributed by atoms with Gasteiger partial charge in [-0.3, -0.25) is 0 Å². The number of likely N-dealkylation sites (tertiary alicyclic amines) is 1. The highest BCUT2D eigenvalue weighted by molar-refractivity contribution is 7.90. The molecule has 0 amide bonds. The zero-order chi connectivity index (χ0) is 14.8. The first-order valence-electron chi connectivity index (χ1n) is 7.12. The highest BCUT2D eigenvalue weighted by Crippen LogP contribution is 2.29. The van der Waals surface area contributed by atoms with Crippen LogP contribution in [0.4, 0.5) is 0 Å². The Balaban J connectivity index is 2.17. The van der Waals surface area contributed by atoms with Gasteiger partial charge in [-0.15, -0.1) is 0 Å². The molecule has 2 rings (SSSR count). The summed E-state index contributed by atoms with van der Waals surface area (Å²) < 4.78 is 23.2. The van der Waals surface area contributed by atoms with Gasteiger partial charge in [-0.05, 0) is 43.6 Å². The van der Waals surface area contributed by atoms with E-state index < -0.39 is 15.9 Å². The molecule has 112 valence electrons. The van der Waals surface area contributed by atoms with Crippen molar-refractivity contribution in [2.24, 2.45) is 0 Å². The molecule has 4 nitrogen and oxygen atoms in total. The van der Waals surface area contributed by atoms with E-state index in [4.69, 9.17) is 0 Å². The first-order chi connectivity index (χ1) is 9.41. The van der Waals surface area contributed by atoms with Crippen molar-refractivity contribution in [3.05, 3.63) is 29.8 Å². The minimum atomic E-state index is -3.19. The van der Waals surface area contributed by atoms with E-state index in [1.807, 2.05) is 6.07 Å². The average Bonchev–Trinajstić information content (AvgIpc) is 2.38. The Morgan fingerprint density at radius 1 is 1.40 bits per heavy atom. The number of aliphatic hydroxyl groups is 1.